The standard InChI is InChI=1S/C21H25ClN4OS/c1-13-9-14-10-16-19(20(14)23-11-13)17(22)12-24-21(16)26-6-3-15(4-7-26)25-18(27)5-8-28-2/h9,11-12,15H,3-8,10H2,1-2H3,(H,25,27). The third kappa shape index (κ3) is 3.85. The van der Waals surface area contributed by atoms with Crippen molar-refractivity contribution >= 4 is 35.1 Å². The van der Waals surface area contributed by atoms with Crippen LogP contribution in [0.3, 0.4) is 0 Å². The van der Waals surface area contributed by atoms with E-state index >= 15 is 0 Å². The Morgan fingerprint density at radius 1 is 1.32 bits per heavy atom. The summed E-state index contributed by atoms with van der Waals surface area (Å²) in [6.07, 6.45) is 8.98. The fourth-order valence-electron chi connectivity index (χ4n) is 4.12. The molecule has 2 aromatic rings. The zero-order valence-electron chi connectivity index (χ0n) is 16.3. The molecule has 7 heteroatoms. The Morgan fingerprint density at radius 2 is 2.11 bits per heavy atom. The van der Waals surface area contributed by atoms with Crippen LogP contribution in [0.1, 0.15) is 36.0 Å². The predicted molar refractivity (Wildman–Crippen MR) is 116 cm³/mol. The largest absolute Gasteiger partial charge is 0.356 e. The summed E-state index contributed by atoms with van der Waals surface area (Å²) in [5.41, 5.74) is 5.60. The minimum Gasteiger partial charge on any atom is -0.356 e. The first kappa shape index (κ1) is 19.5. The predicted octanol–water partition coefficient (Wildman–Crippen LogP) is 3.85. The topological polar surface area (TPSA) is 58.1 Å². The van der Waals surface area contributed by atoms with E-state index in [1.165, 1.54) is 11.1 Å². The number of pyridine rings is 2. The molecule has 0 radical (unpaired) electrons. The number of halogens is 1. The second-order valence-corrected chi connectivity index (χ2v) is 8.94. The minimum absolute atomic E-state index is 0.162. The maximum atomic E-state index is 12.0. The van der Waals surface area contributed by atoms with Crippen molar-refractivity contribution in [2.45, 2.75) is 38.6 Å². The molecule has 148 valence electrons. The first-order chi connectivity index (χ1) is 13.6. The number of nitrogens with one attached hydrogen (secondary N) is 1. The van der Waals surface area contributed by atoms with Gasteiger partial charge in [0.15, 0.2) is 0 Å². The van der Waals surface area contributed by atoms with Crippen molar-refractivity contribution in [2.75, 3.05) is 30.0 Å². The summed E-state index contributed by atoms with van der Waals surface area (Å²) in [5, 5.41) is 3.85. The number of carbonyl (C=O) groups excluding carboxylic acids is 1. The van der Waals surface area contributed by atoms with Crippen LogP contribution >= 0.6 is 23.4 Å². The number of aromatic nitrogens is 2. The number of thioether (sulfide) groups is 1. The van der Waals surface area contributed by atoms with E-state index in [9.17, 15) is 4.79 Å². The summed E-state index contributed by atoms with van der Waals surface area (Å²) in [7, 11) is 0. The molecule has 0 aromatic carbocycles. The van der Waals surface area contributed by atoms with Crippen LogP contribution in [0.2, 0.25) is 5.02 Å². The molecule has 0 saturated carbocycles. The molecule has 0 unspecified atom stereocenters. The molecular weight excluding hydrogens is 392 g/mol. The Labute approximate surface area is 175 Å². The van der Waals surface area contributed by atoms with Crippen LogP contribution in [0, 0.1) is 6.92 Å². The fourth-order valence-corrected chi connectivity index (χ4v) is 4.76. The quantitative estimate of drug-likeness (QED) is 0.684. The molecule has 2 aromatic heterocycles. The van der Waals surface area contributed by atoms with E-state index in [0.717, 1.165) is 60.7 Å². The van der Waals surface area contributed by atoms with Gasteiger partial charge in [0.2, 0.25) is 5.91 Å². The second-order valence-electron chi connectivity index (χ2n) is 7.55. The van der Waals surface area contributed by atoms with Crippen LogP contribution in [-0.2, 0) is 11.2 Å². The highest BCUT2D eigenvalue weighted by molar-refractivity contribution is 7.98. The zero-order valence-corrected chi connectivity index (χ0v) is 17.9. The number of amides is 1. The van der Waals surface area contributed by atoms with Gasteiger partial charge in [-0.3, -0.25) is 9.78 Å². The van der Waals surface area contributed by atoms with Gasteiger partial charge in [-0.15, -0.1) is 0 Å². The van der Waals surface area contributed by atoms with Crippen molar-refractivity contribution in [1.82, 2.24) is 15.3 Å². The van der Waals surface area contributed by atoms with Gasteiger partial charge in [0.1, 0.15) is 5.82 Å². The van der Waals surface area contributed by atoms with E-state index in [-0.39, 0.29) is 11.9 Å². The van der Waals surface area contributed by atoms with Crippen LogP contribution < -0.4 is 10.2 Å². The van der Waals surface area contributed by atoms with Crippen molar-refractivity contribution in [3.63, 3.8) is 0 Å². The molecule has 1 aliphatic carbocycles. The fraction of sp³-hybridized carbons (Fsp3) is 0.476. The van der Waals surface area contributed by atoms with Gasteiger partial charge in [-0.05, 0) is 37.1 Å². The van der Waals surface area contributed by atoms with Crippen molar-refractivity contribution in [1.29, 1.82) is 0 Å². The highest BCUT2D eigenvalue weighted by atomic mass is 35.5. The molecule has 1 aliphatic heterocycles. The molecule has 1 amide bonds. The van der Waals surface area contributed by atoms with Gasteiger partial charge in [-0.1, -0.05) is 17.7 Å². The first-order valence-electron chi connectivity index (χ1n) is 9.73. The SMILES string of the molecule is CSCCC(=O)NC1CCN(c2ncc(Cl)c3c2Cc2cc(C)cnc2-3)CC1. The van der Waals surface area contributed by atoms with E-state index in [2.05, 4.69) is 33.2 Å². The van der Waals surface area contributed by atoms with Gasteiger partial charge in [-0.2, -0.15) is 11.8 Å². The number of anilines is 1. The van der Waals surface area contributed by atoms with Gasteiger partial charge in [0, 0.05) is 61.2 Å². The molecule has 4 rings (SSSR count). The highest BCUT2D eigenvalue weighted by Crippen LogP contribution is 2.43. The molecule has 5 nitrogen and oxygen atoms in total. The molecule has 0 bridgehead atoms. The number of carbonyl (C=O) groups is 1. The molecular formula is C21H25ClN4OS. The third-order valence-corrected chi connectivity index (χ3v) is 6.41. The third-order valence-electron chi connectivity index (χ3n) is 5.51. The van der Waals surface area contributed by atoms with Gasteiger partial charge < -0.3 is 10.2 Å². The van der Waals surface area contributed by atoms with Crippen molar-refractivity contribution in [3.8, 4) is 11.3 Å². The molecule has 28 heavy (non-hydrogen) atoms. The molecule has 1 fully saturated rings. The van der Waals surface area contributed by atoms with E-state index < -0.39 is 0 Å². The summed E-state index contributed by atoms with van der Waals surface area (Å²) in [6, 6.07) is 2.45. The Kier molecular flexibility index (Phi) is 5.78. The lowest BCUT2D eigenvalue weighted by molar-refractivity contribution is -0.121. The van der Waals surface area contributed by atoms with Crippen molar-refractivity contribution in [3.05, 3.63) is 40.2 Å². The lowest BCUT2D eigenvalue weighted by atomic mass is 10.0. The number of piperidine rings is 1. The maximum absolute atomic E-state index is 12.0. The van der Waals surface area contributed by atoms with Crippen LogP contribution in [0.4, 0.5) is 5.82 Å². The number of hydrogen-bond acceptors (Lipinski definition) is 5. The Morgan fingerprint density at radius 3 is 2.86 bits per heavy atom. The lowest BCUT2D eigenvalue weighted by Gasteiger charge is -2.34. The number of aryl methyl sites for hydroxylation is 1. The number of hydrogen-bond donors (Lipinski definition) is 1. The molecule has 1 N–H and O–H groups in total. The van der Waals surface area contributed by atoms with Gasteiger partial charge in [0.05, 0.1) is 10.7 Å². The molecule has 2 aliphatic rings. The summed E-state index contributed by atoms with van der Waals surface area (Å²) in [6.45, 7) is 3.84. The van der Waals surface area contributed by atoms with Gasteiger partial charge in [0.25, 0.3) is 0 Å². The Hall–Kier alpha value is -1.79. The lowest BCUT2D eigenvalue weighted by Crippen LogP contribution is -2.45. The van der Waals surface area contributed by atoms with Crippen LogP contribution in [-0.4, -0.2) is 47.0 Å². The van der Waals surface area contributed by atoms with Gasteiger partial charge in [-0.25, -0.2) is 4.98 Å². The highest BCUT2D eigenvalue weighted by Gasteiger charge is 2.30. The molecule has 0 spiro atoms. The van der Waals surface area contributed by atoms with E-state index in [1.54, 1.807) is 18.0 Å². The van der Waals surface area contributed by atoms with Crippen molar-refractivity contribution < 1.29 is 4.79 Å². The summed E-state index contributed by atoms with van der Waals surface area (Å²) < 4.78 is 0. The second kappa shape index (κ2) is 8.29. The van der Waals surface area contributed by atoms with Crippen LogP contribution in [0.25, 0.3) is 11.3 Å². The first-order valence-corrected chi connectivity index (χ1v) is 11.5. The average Bonchev–Trinajstić information content (AvgIpc) is 3.06. The Bertz CT molecular complexity index is 896. The summed E-state index contributed by atoms with van der Waals surface area (Å²) in [5.74, 6) is 2.05. The van der Waals surface area contributed by atoms with E-state index in [1.807, 2.05) is 12.5 Å². The minimum atomic E-state index is 0.162. The molecule has 3 heterocycles. The van der Waals surface area contributed by atoms with Crippen LogP contribution in [0.5, 0.6) is 0 Å². The number of rotatable bonds is 5. The zero-order chi connectivity index (χ0) is 19.7. The monoisotopic (exact) mass is 416 g/mol. The molecule has 0 atom stereocenters. The van der Waals surface area contributed by atoms with E-state index in [4.69, 9.17) is 11.6 Å². The average molecular weight is 417 g/mol. The number of nitrogens with zero attached hydrogens (tertiary/aromatic N) is 3. The smallest absolute Gasteiger partial charge is 0.221 e. The molecule has 1 saturated heterocycles. The summed E-state index contributed by atoms with van der Waals surface area (Å²) >= 11 is 8.20. The Balaban J connectivity index is 1.48. The number of fused-ring (bicyclic) bond motifs is 3. The maximum Gasteiger partial charge on any atom is 0.221 e. The van der Waals surface area contributed by atoms with Gasteiger partial charge >= 0.3 is 0 Å². The van der Waals surface area contributed by atoms with E-state index in [0.29, 0.717) is 11.4 Å². The normalized spacial score (nSPS) is 16.0. The summed E-state index contributed by atoms with van der Waals surface area (Å²) in [4.78, 5) is 23.6. The van der Waals surface area contributed by atoms with Crippen molar-refractivity contribution in [2.24, 2.45) is 0 Å². The van der Waals surface area contributed by atoms with Crippen LogP contribution in [0.15, 0.2) is 18.5 Å².